The summed E-state index contributed by atoms with van der Waals surface area (Å²) in [6, 6.07) is 0. The predicted octanol–water partition coefficient (Wildman–Crippen LogP) is 1.09. The highest BCUT2D eigenvalue weighted by Crippen LogP contribution is 2.08. The zero-order chi connectivity index (χ0) is 9.84. The van der Waals surface area contributed by atoms with E-state index in [9.17, 15) is 4.79 Å². The molecule has 4 nitrogen and oxygen atoms in total. The first-order valence-electron chi connectivity index (χ1n) is 4.44. The van der Waals surface area contributed by atoms with Crippen molar-refractivity contribution in [2.24, 2.45) is 0 Å². The van der Waals surface area contributed by atoms with E-state index in [-0.39, 0.29) is 6.42 Å². The lowest BCUT2D eigenvalue weighted by atomic mass is 10.1. The molecule has 0 atom stereocenters. The molecule has 0 bridgehead atoms. The van der Waals surface area contributed by atoms with Crippen LogP contribution in [0.3, 0.4) is 0 Å². The van der Waals surface area contributed by atoms with Gasteiger partial charge in [0.2, 0.25) is 0 Å². The third-order valence-electron chi connectivity index (χ3n) is 1.95. The van der Waals surface area contributed by atoms with E-state index in [0.717, 1.165) is 18.5 Å². The number of rotatable bonds is 4. The molecule has 0 spiro atoms. The lowest BCUT2D eigenvalue weighted by molar-refractivity contribution is -0.136. The summed E-state index contributed by atoms with van der Waals surface area (Å²) in [7, 11) is 0. The summed E-state index contributed by atoms with van der Waals surface area (Å²) in [5, 5.41) is 12.8. The summed E-state index contributed by atoms with van der Waals surface area (Å²) < 4.78 is 1.77. The van der Waals surface area contributed by atoms with E-state index >= 15 is 0 Å². The second kappa shape index (κ2) is 4.07. The van der Waals surface area contributed by atoms with Gasteiger partial charge in [0.05, 0.1) is 12.1 Å². The van der Waals surface area contributed by atoms with E-state index < -0.39 is 5.97 Å². The lowest BCUT2D eigenvalue weighted by Gasteiger charge is -1.93. The normalized spacial score (nSPS) is 10.3. The Bertz CT molecular complexity index is 305. The van der Waals surface area contributed by atoms with E-state index in [4.69, 9.17) is 5.11 Å². The van der Waals surface area contributed by atoms with E-state index in [1.807, 2.05) is 20.0 Å². The monoisotopic (exact) mass is 182 g/mol. The van der Waals surface area contributed by atoms with Gasteiger partial charge in [-0.25, -0.2) is 0 Å². The zero-order valence-corrected chi connectivity index (χ0v) is 7.95. The molecule has 0 aliphatic rings. The number of carboxylic acids is 1. The molecular formula is C9H14N2O2. The molecule has 4 heteroatoms. The Kier molecular flexibility index (Phi) is 3.06. The van der Waals surface area contributed by atoms with Crippen LogP contribution in [0.1, 0.15) is 25.1 Å². The molecule has 0 fully saturated rings. The minimum atomic E-state index is -0.823. The molecule has 0 radical (unpaired) electrons. The first kappa shape index (κ1) is 9.77. The molecular weight excluding hydrogens is 168 g/mol. The van der Waals surface area contributed by atoms with Crippen LogP contribution >= 0.6 is 0 Å². The zero-order valence-electron chi connectivity index (χ0n) is 7.95. The molecule has 72 valence electrons. The lowest BCUT2D eigenvalue weighted by Crippen LogP contribution is -2.03. The fourth-order valence-corrected chi connectivity index (χ4v) is 1.25. The van der Waals surface area contributed by atoms with Crippen LogP contribution in [-0.4, -0.2) is 20.9 Å². The Labute approximate surface area is 77.2 Å². The predicted molar refractivity (Wildman–Crippen MR) is 48.6 cm³/mol. The molecule has 1 rings (SSSR count). The van der Waals surface area contributed by atoms with Crippen LogP contribution in [0.2, 0.25) is 0 Å². The molecule has 0 saturated carbocycles. The van der Waals surface area contributed by atoms with Gasteiger partial charge < -0.3 is 5.11 Å². The van der Waals surface area contributed by atoms with Crippen LogP contribution in [0, 0.1) is 0 Å². The molecule has 1 aromatic rings. The molecule has 1 aromatic heterocycles. The summed E-state index contributed by atoms with van der Waals surface area (Å²) in [6.45, 7) is 4.77. The molecule has 0 aliphatic carbocycles. The molecule has 0 unspecified atom stereocenters. The summed E-state index contributed by atoms with van der Waals surface area (Å²) in [4.78, 5) is 10.5. The van der Waals surface area contributed by atoms with Crippen LogP contribution in [0.4, 0.5) is 0 Å². The second-order valence-electron chi connectivity index (χ2n) is 2.88. The Morgan fingerprint density at radius 3 is 2.77 bits per heavy atom. The Morgan fingerprint density at radius 2 is 2.31 bits per heavy atom. The Balaban J connectivity index is 2.90. The number of carboxylic acid groups (broad SMARTS) is 1. The fraction of sp³-hybridized carbons (Fsp3) is 0.556. The van der Waals surface area contributed by atoms with Gasteiger partial charge in [-0.15, -0.1) is 0 Å². The smallest absolute Gasteiger partial charge is 0.309 e. The van der Waals surface area contributed by atoms with Crippen molar-refractivity contribution in [2.45, 2.75) is 33.2 Å². The number of carbonyl (C=O) groups is 1. The average Bonchev–Trinajstić information content (AvgIpc) is 2.46. The number of nitrogens with zero attached hydrogens (tertiary/aromatic N) is 2. The molecule has 0 aliphatic heterocycles. The van der Waals surface area contributed by atoms with E-state index in [1.54, 1.807) is 4.68 Å². The highest BCUT2D eigenvalue weighted by molar-refractivity contribution is 5.69. The van der Waals surface area contributed by atoms with E-state index in [0.29, 0.717) is 5.69 Å². The summed E-state index contributed by atoms with van der Waals surface area (Å²) in [6.07, 6.45) is 2.77. The van der Waals surface area contributed by atoms with Gasteiger partial charge in [-0.2, -0.15) is 5.10 Å². The van der Waals surface area contributed by atoms with E-state index in [2.05, 4.69) is 5.10 Å². The van der Waals surface area contributed by atoms with Gasteiger partial charge >= 0.3 is 5.97 Å². The molecule has 0 aromatic carbocycles. The van der Waals surface area contributed by atoms with Crippen LogP contribution in [0.5, 0.6) is 0 Å². The number of aryl methyl sites for hydroxylation is 2. The minimum Gasteiger partial charge on any atom is -0.481 e. The highest BCUT2D eigenvalue weighted by Gasteiger charge is 2.09. The third-order valence-corrected chi connectivity index (χ3v) is 1.95. The molecule has 1 heterocycles. The van der Waals surface area contributed by atoms with Gasteiger partial charge in [-0.3, -0.25) is 9.48 Å². The third kappa shape index (κ3) is 2.31. The molecule has 0 saturated heterocycles. The van der Waals surface area contributed by atoms with E-state index in [1.165, 1.54) is 0 Å². The van der Waals surface area contributed by atoms with Crippen LogP contribution in [0.25, 0.3) is 0 Å². The van der Waals surface area contributed by atoms with Crippen molar-refractivity contribution in [3.05, 3.63) is 17.5 Å². The second-order valence-corrected chi connectivity index (χ2v) is 2.88. The number of hydrogen-bond acceptors (Lipinski definition) is 2. The summed E-state index contributed by atoms with van der Waals surface area (Å²) >= 11 is 0. The van der Waals surface area contributed by atoms with Crippen molar-refractivity contribution in [3.8, 4) is 0 Å². The quantitative estimate of drug-likeness (QED) is 0.758. The van der Waals surface area contributed by atoms with Crippen molar-refractivity contribution in [3.63, 3.8) is 0 Å². The van der Waals surface area contributed by atoms with Gasteiger partial charge in [0.25, 0.3) is 0 Å². The van der Waals surface area contributed by atoms with Gasteiger partial charge in [-0.1, -0.05) is 6.92 Å². The average molecular weight is 182 g/mol. The van der Waals surface area contributed by atoms with Gasteiger partial charge in [0, 0.05) is 12.7 Å². The SMILES string of the molecule is CCc1cn(CC)nc1CC(=O)O. The first-order valence-corrected chi connectivity index (χ1v) is 4.44. The van der Waals surface area contributed by atoms with Gasteiger partial charge in [-0.05, 0) is 18.9 Å². The fourth-order valence-electron chi connectivity index (χ4n) is 1.25. The standard InChI is InChI=1S/C9H14N2O2/c1-3-7-6-11(4-2)10-8(7)5-9(12)13/h6H,3-5H2,1-2H3,(H,12,13). The van der Waals surface area contributed by atoms with Crippen molar-refractivity contribution in [1.82, 2.24) is 9.78 Å². The molecule has 0 amide bonds. The Morgan fingerprint density at radius 1 is 1.62 bits per heavy atom. The maximum Gasteiger partial charge on any atom is 0.309 e. The summed E-state index contributed by atoms with van der Waals surface area (Å²) in [5.41, 5.74) is 1.72. The van der Waals surface area contributed by atoms with Gasteiger partial charge in [0.15, 0.2) is 0 Å². The minimum absolute atomic E-state index is 0.0240. The van der Waals surface area contributed by atoms with Gasteiger partial charge in [0.1, 0.15) is 0 Å². The number of aliphatic carboxylic acids is 1. The molecule has 13 heavy (non-hydrogen) atoms. The van der Waals surface area contributed by atoms with Crippen LogP contribution < -0.4 is 0 Å². The number of aromatic nitrogens is 2. The maximum atomic E-state index is 10.5. The van der Waals surface area contributed by atoms with Crippen molar-refractivity contribution >= 4 is 5.97 Å². The first-order chi connectivity index (χ1) is 6.17. The maximum absolute atomic E-state index is 10.5. The largest absolute Gasteiger partial charge is 0.481 e. The van der Waals surface area contributed by atoms with Crippen LogP contribution in [0.15, 0.2) is 6.20 Å². The van der Waals surface area contributed by atoms with Crippen molar-refractivity contribution in [2.75, 3.05) is 0 Å². The topological polar surface area (TPSA) is 55.1 Å². The Hall–Kier alpha value is -1.32. The highest BCUT2D eigenvalue weighted by atomic mass is 16.4. The molecule has 1 N–H and O–H groups in total. The summed E-state index contributed by atoms with van der Waals surface area (Å²) in [5.74, 6) is -0.823. The number of hydrogen-bond donors (Lipinski definition) is 1. The van der Waals surface area contributed by atoms with Crippen molar-refractivity contribution < 1.29 is 9.90 Å². The van der Waals surface area contributed by atoms with Crippen LogP contribution in [-0.2, 0) is 24.2 Å². The van der Waals surface area contributed by atoms with Crippen molar-refractivity contribution in [1.29, 1.82) is 0 Å².